The van der Waals surface area contributed by atoms with Crippen molar-refractivity contribution in [1.29, 1.82) is 5.41 Å². The van der Waals surface area contributed by atoms with E-state index < -0.39 is 0 Å². The predicted octanol–water partition coefficient (Wildman–Crippen LogP) is 6.85. The highest BCUT2D eigenvalue weighted by molar-refractivity contribution is 14.2. The molecular weight excluding hydrogens is 466 g/mol. The molecule has 0 aliphatic heterocycles. The number of aryl methyl sites for hydroxylation is 1. The maximum atomic E-state index is 7.58. The Morgan fingerprint density at radius 3 is 2.59 bits per heavy atom. The summed E-state index contributed by atoms with van der Waals surface area (Å²) in [5, 5.41) is 10.9. The van der Waals surface area contributed by atoms with E-state index in [9.17, 15) is 0 Å². The Kier molecular flexibility index (Phi) is 7.25. The number of ether oxygens (including phenoxy) is 1. The van der Waals surface area contributed by atoms with Gasteiger partial charge in [-0.15, -0.1) is 0 Å². The van der Waals surface area contributed by atoms with Crippen LogP contribution in [0.4, 0.5) is 5.69 Å². The molecule has 3 nitrogen and oxygen atoms in total. The number of nitrogens with one attached hydrogen (secondary N) is 2. The largest absolute Gasteiger partial charge is 0.489 e. The van der Waals surface area contributed by atoms with Gasteiger partial charge in [0.05, 0.1) is 0 Å². The van der Waals surface area contributed by atoms with Crippen LogP contribution in [0, 0.1) is 5.41 Å². The lowest BCUT2D eigenvalue weighted by Crippen LogP contribution is -1.97. The summed E-state index contributed by atoms with van der Waals surface area (Å²) in [6.45, 7) is 2.74. The van der Waals surface area contributed by atoms with Crippen LogP contribution in [-0.4, -0.2) is 6.21 Å². The van der Waals surface area contributed by atoms with E-state index in [0.29, 0.717) is 13.0 Å². The molecule has 0 aliphatic carbocycles. The van der Waals surface area contributed by atoms with Crippen molar-refractivity contribution >= 4 is 40.3 Å². The SMILES string of the molecule is CCc1cc(OCc2ccccc2)ccc1-c1ccc(C=N)c(NPI)c1. The van der Waals surface area contributed by atoms with E-state index in [2.05, 4.69) is 70.5 Å². The van der Waals surface area contributed by atoms with Crippen molar-refractivity contribution in [2.75, 3.05) is 5.09 Å². The number of benzene rings is 3. The zero-order valence-electron chi connectivity index (χ0n) is 15.1. The molecule has 0 saturated heterocycles. The maximum Gasteiger partial charge on any atom is 0.120 e. The van der Waals surface area contributed by atoms with E-state index in [0.717, 1.165) is 34.5 Å². The van der Waals surface area contributed by atoms with Gasteiger partial charge < -0.3 is 15.2 Å². The number of rotatable bonds is 8. The Hall–Kier alpha value is -1.91. The first-order valence-corrected chi connectivity index (χ1v) is 12.9. The van der Waals surface area contributed by atoms with Crippen molar-refractivity contribution in [3.05, 3.63) is 83.4 Å². The van der Waals surface area contributed by atoms with Gasteiger partial charge in [-0.1, -0.05) is 55.5 Å². The first-order valence-electron chi connectivity index (χ1n) is 8.81. The molecule has 3 aromatic rings. The third-order valence-electron chi connectivity index (χ3n) is 4.41. The zero-order valence-corrected chi connectivity index (χ0v) is 18.3. The lowest BCUT2D eigenvalue weighted by atomic mass is 9.96. The van der Waals surface area contributed by atoms with Gasteiger partial charge in [0.1, 0.15) is 12.4 Å². The Morgan fingerprint density at radius 2 is 1.89 bits per heavy atom. The van der Waals surface area contributed by atoms with E-state index in [-0.39, 0.29) is 0 Å². The molecule has 0 aromatic heterocycles. The van der Waals surface area contributed by atoms with Crippen molar-refractivity contribution in [3.63, 3.8) is 0 Å². The summed E-state index contributed by atoms with van der Waals surface area (Å²) in [7, 11) is 0. The third-order valence-corrected chi connectivity index (χ3v) is 5.58. The highest BCUT2D eigenvalue weighted by atomic mass is 127. The van der Waals surface area contributed by atoms with Crippen molar-refractivity contribution < 1.29 is 4.74 Å². The van der Waals surface area contributed by atoms with Gasteiger partial charge in [-0.2, -0.15) is 0 Å². The van der Waals surface area contributed by atoms with Crippen LogP contribution >= 0.6 is 28.4 Å². The molecule has 1 atom stereocenters. The monoisotopic (exact) mass is 488 g/mol. The van der Waals surface area contributed by atoms with E-state index in [1.165, 1.54) is 17.3 Å². The molecule has 2 N–H and O–H groups in total. The smallest absolute Gasteiger partial charge is 0.120 e. The molecule has 0 fully saturated rings. The molecule has 138 valence electrons. The molecule has 1 unspecified atom stereocenters. The third kappa shape index (κ3) is 5.08. The molecule has 0 radical (unpaired) electrons. The molecule has 5 heteroatoms. The van der Waals surface area contributed by atoms with Crippen LogP contribution in [-0.2, 0) is 13.0 Å². The molecule has 0 aliphatic rings. The summed E-state index contributed by atoms with van der Waals surface area (Å²) >= 11 is 2.31. The Labute approximate surface area is 175 Å². The van der Waals surface area contributed by atoms with Crippen molar-refractivity contribution in [3.8, 4) is 16.9 Å². The normalized spacial score (nSPS) is 10.9. The van der Waals surface area contributed by atoms with Crippen LogP contribution in [0.1, 0.15) is 23.6 Å². The molecular formula is C22H22IN2OP. The fourth-order valence-electron chi connectivity index (χ4n) is 2.98. The van der Waals surface area contributed by atoms with Gasteiger partial charge >= 0.3 is 0 Å². The van der Waals surface area contributed by atoms with Crippen LogP contribution in [0.15, 0.2) is 66.7 Å². The van der Waals surface area contributed by atoms with Gasteiger partial charge in [-0.05, 0) is 68.9 Å². The second-order valence-corrected chi connectivity index (χ2v) is 8.17. The van der Waals surface area contributed by atoms with E-state index in [1.807, 2.05) is 30.3 Å². The molecule has 3 rings (SSSR count). The second-order valence-electron chi connectivity index (χ2n) is 6.11. The van der Waals surface area contributed by atoms with Crippen molar-refractivity contribution in [2.24, 2.45) is 0 Å². The highest BCUT2D eigenvalue weighted by Crippen LogP contribution is 2.33. The summed E-state index contributed by atoms with van der Waals surface area (Å²) in [5.74, 6) is 0.891. The number of hydrogen-bond donors (Lipinski definition) is 2. The average Bonchev–Trinajstić information content (AvgIpc) is 2.73. The summed E-state index contributed by atoms with van der Waals surface area (Å²) in [4.78, 5) is 0. The molecule has 0 heterocycles. The lowest BCUT2D eigenvalue weighted by Gasteiger charge is -2.14. The Bertz CT molecular complexity index is 915. The first kappa shape index (κ1) is 19.8. The van der Waals surface area contributed by atoms with Crippen LogP contribution in [0.25, 0.3) is 11.1 Å². The summed E-state index contributed by atoms with van der Waals surface area (Å²) in [6.07, 6.45) is 2.89. The summed E-state index contributed by atoms with van der Waals surface area (Å²) < 4.78 is 5.98. The fourth-order valence-corrected chi connectivity index (χ4v) is 4.17. The fraction of sp³-hybridized carbons (Fsp3) is 0.136. The van der Waals surface area contributed by atoms with Gasteiger partial charge in [0.15, 0.2) is 0 Å². The van der Waals surface area contributed by atoms with Crippen molar-refractivity contribution in [2.45, 2.75) is 20.0 Å². The van der Waals surface area contributed by atoms with Gasteiger partial charge in [0.25, 0.3) is 0 Å². The second kappa shape index (κ2) is 9.86. The number of hydrogen-bond acceptors (Lipinski definition) is 3. The zero-order chi connectivity index (χ0) is 19.1. The van der Waals surface area contributed by atoms with E-state index >= 15 is 0 Å². The highest BCUT2D eigenvalue weighted by Gasteiger charge is 2.09. The molecule has 0 amide bonds. The lowest BCUT2D eigenvalue weighted by molar-refractivity contribution is 0.306. The van der Waals surface area contributed by atoms with E-state index in [4.69, 9.17) is 10.1 Å². The van der Waals surface area contributed by atoms with Crippen molar-refractivity contribution in [1.82, 2.24) is 0 Å². The summed E-state index contributed by atoms with van der Waals surface area (Å²) in [5.41, 5.74) is 6.69. The summed E-state index contributed by atoms with van der Waals surface area (Å²) in [6, 6.07) is 22.7. The van der Waals surface area contributed by atoms with Gasteiger partial charge in [0, 0.05) is 23.8 Å². The van der Waals surface area contributed by atoms with Gasteiger partial charge in [0.2, 0.25) is 0 Å². The van der Waals surface area contributed by atoms with Crippen LogP contribution in [0.3, 0.4) is 0 Å². The molecule has 0 saturated carbocycles. The Balaban J connectivity index is 1.86. The first-order chi connectivity index (χ1) is 13.2. The van der Waals surface area contributed by atoms with Crippen LogP contribution < -0.4 is 9.82 Å². The van der Waals surface area contributed by atoms with E-state index in [1.54, 1.807) is 0 Å². The number of halogens is 1. The minimum absolute atomic E-state index is 0.567. The predicted molar refractivity (Wildman–Crippen MR) is 126 cm³/mol. The topological polar surface area (TPSA) is 45.1 Å². The van der Waals surface area contributed by atoms with Gasteiger partial charge in [-0.25, -0.2) is 0 Å². The molecule has 0 bridgehead atoms. The number of anilines is 1. The molecule has 3 aromatic carbocycles. The standard InChI is InChI=1S/C22H22IN2OP/c1-2-17-12-20(26-15-16-6-4-3-5-7-16)10-11-21(17)18-8-9-19(14-24)22(13-18)25-27-23/h3-14,24-25,27H,2,15H2,1H3. The minimum Gasteiger partial charge on any atom is -0.489 e. The quantitative estimate of drug-likeness (QED) is 0.207. The van der Waals surface area contributed by atoms with Gasteiger partial charge in [-0.3, -0.25) is 0 Å². The van der Waals surface area contributed by atoms with Crippen LogP contribution in [0.5, 0.6) is 5.75 Å². The Morgan fingerprint density at radius 1 is 1.07 bits per heavy atom. The maximum absolute atomic E-state index is 7.58. The molecule has 0 spiro atoms. The van der Waals surface area contributed by atoms with Crippen LogP contribution in [0.2, 0.25) is 0 Å². The minimum atomic E-state index is 0.567. The average molecular weight is 488 g/mol. The molecule has 27 heavy (non-hydrogen) atoms.